The Morgan fingerprint density at radius 1 is 0.409 bits per heavy atom. The summed E-state index contributed by atoms with van der Waals surface area (Å²) in [7, 11) is 3.06. The molecule has 17 rings (SSSR count). The number of aromatic nitrogens is 10. The van der Waals surface area contributed by atoms with Gasteiger partial charge in [0.15, 0.2) is 86.6 Å². The predicted molar refractivity (Wildman–Crippen MR) is 493 cm³/mol. The lowest BCUT2D eigenvalue weighted by Crippen LogP contribution is -2.44. The molecule has 10 aromatic carbocycles. The van der Waals surface area contributed by atoms with Crippen LogP contribution in [0.1, 0.15) is 53.4 Å². The minimum atomic E-state index is -0.620. The highest BCUT2D eigenvalue weighted by molar-refractivity contribution is 6.32. The highest BCUT2D eigenvalue weighted by atomic mass is 35.5. The van der Waals surface area contributed by atoms with Crippen LogP contribution in [0.4, 0.5) is 84.3 Å². The Bertz CT molecular complexity index is 6740. The largest absolute Gasteiger partial charge is 0.504 e. The van der Waals surface area contributed by atoms with Crippen LogP contribution in [-0.4, -0.2) is 164 Å². The molecule has 11 N–H and O–H groups in total. The molecule has 5 aromatic heterocycles. The standard InChI is InChI=1S/C24H26ClFN4O4.C22H24ClFN4O3.C16H11ClFN3O3.C15H11ClFN3O2.C14H9ClFN3O2/c1-24(2,3)34-23(32)30-9-7-14(8-10-30)33-20-12-18-15(11-19(20)31)22(28-13-27-18)29-17-6-4-5-16(25)21(17)26;1-29-9-10-30-19-11-15-18(12-20(19)31-14-5-7-25-8-6-14)26-13-27-22(15)28-17-4-2-3-16(23)21(17)24;1-8(22)24-14-5-9-12(6-13(14)23)19-7-20-16(9)21-11-4-2-3-10(17)15(11)18;1-22-13-6-11-8(5-12(13)21)15(19-7-18-11)20-10-4-2-3-9(16)14(10)17;15-8-2-1-3-9(13(8)16)19-14-7-4-11(20)12(21)5-10(7)17-6-18-14/h4-6,11-14,31H,7-10H2,1-3H3,(H,27,28,29);2-4,11-14,25H,5-10H2,1H3,(H,26,27,28);2-7,23H,1H3,(H,19,20,21);2-7,21H,1H3,(H,18,19,20);1-6,20-21H,(H,17,18,19). The van der Waals surface area contributed by atoms with Crippen molar-refractivity contribution in [1.29, 1.82) is 0 Å². The van der Waals surface area contributed by atoms with Gasteiger partial charge in [-0.05, 0) is 138 Å². The number of benzene rings is 10. The van der Waals surface area contributed by atoms with Gasteiger partial charge in [0.25, 0.3) is 0 Å². The number of amides is 1. The highest BCUT2D eigenvalue weighted by Gasteiger charge is 2.30. The van der Waals surface area contributed by atoms with Crippen LogP contribution < -0.4 is 55.6 Å². The number of ether oxygens (including phenoxy) is 7. The van der Waals surface area contributed by atoms with Gasteiger partial charge in [-0.2, -0.15) is 0 Å². The molecule has 2 aliphatic rings. The summed E-state index contributed by atoms with van der Waals surface area (Å²) >= 11 is 29.0. The van der Waals surface area contributed by atoms with Crippen molar-refractivity contribution >= 4 is 182 Å². The lowest BCUT2D eigenvalue weighted by molar-refractivity contribution is -0.132. The molecule has 1 amide bonds. The molecule has 15 aromatic rings. The van der Waals surface area contributed by atoms with Crippen LogP contribution in [0.3, 0.4) is 0 Å². The molecule has 0 spiro atoms. The fourth-order valence-corrected chi connectivity index (χ4v) is 14.1. The second-order valence-corrected chi connectivity index (χ2v) is 32.0. The van der Waals surface area contributed by atoms with Gasteiger partial charge in [-0.25, -0.2) is 76.6 Å². The Hall–Kier alpha value is -14.1. The number of methoxy groups -OCH3 is 2. The second-order valence-electron chi connectivity index (χ2n) is 29.9. The summed E-state index contributed by atoms with van der Waals surface area (Å²) in [6, 6.07) is 38.1. The van der Waals surface area contributed by atoms with E-state index in [1.807, 2.05) is 32.9 Å². The van der Waals surface area contributed by atoms with E-state index in [2.05, 4.69) is 81.7 Å². The van der Waals surface area contributed by atoms with Crippen LogP contribution in [-0.2, 0) is 14.3 Å². The molecule has 0 unspecified atom stereocenters. The number of nitrogens with one attached hydrogen (secondary N) is 6. The number of aromatic hydroxyl groups is 5. The summed E-state index contributed by atoms with van der Waals surface area (Å²) in [5.74, 6) is -1.13. The van der Waals surface area contributed by atoms with Crippen molar-refractivity contribution in [1.82, 2.24) is 60.1 Å². The Morgan fingerprint density at radius 2 is 0.727 bits per heavy atom. The lowest BCUT2D eigenvalue weighted by Gasteiger charge is -2.33. The Kier molecular flexibility index (Phi) is 31.5. The molecular weight excluding hydrogens is 1830 g/mol. The Balaban J connectivity index is 0.000000142. The first-order valence-electron chi connectivity index (χ1n) is 40.2. The van der Waals surface area contributed by atoms with Crippen molar-refractivity contribution in [3.63, 3.8) is 0 Å². The summed E-state index contributed by atoms with van der Waals surface area (Å²) in [4.78, 5) is 66.4. The second kappa shape index (κ2) is 43.5. The van der Waals surface area contributed by atoms with Crippen LogP contribution in [0.2, 0.25) is 25.1 Å². The first-order valence-corrected chi connectivity index (χ1v) is 42.1. The van der Waals surface area contributed by atoms with E-state index in [9.17, 15) is 57.1 Å². The molecule has 2 aliphatic heterocycles. The third-order valence-electron chi connectivity index (χ3n) is 19.6. The summed E-state index contributed by atoms with van der Waals surface area (Å²) in [6.07, 6.45) is 9.24. The van der Waals surface area contributed by atoms with Crippen LogP contribution >= 0.6 is 58.0 Å². The van der Waals surface area contributed by atoms with Crippen LogP contribution in [0.25, 0.3) is 54.5 Å². The number of phenols is 5. The summed E-state index contributed by atoms with van der Waals surface area (Å²) in [5, 5.41) is 69.7. The number of carbonyl (C=O) groups is 2. The molecule has 0 radical (unpaired) electrons. The maximum Gasteiger partial charge on any atom is 0.410 e. The third kappa shape index (κ3) is 24.1. The summed E-state index contributed by atoms with van der Waals surface area (Å²) in [5.41, 5.74) is 2.82. The maximum atomic E-state index is 14.4. The monoisotopic (exact) mass is 1910 g/mol. The number of carbonyl (C=O) groups excluding carboxylic acids is 2. The quantitative estimate of drug-likeness (QED) is 0.0111. The summed E-state index contributed by atoms with van der Waals surface area (Å²) < 4.78 is 109. The molecule has 0 aliphatic carbocycles. The van der Waals surface area contributed by atoms with Crippen LogP contribution in [0.5, 0.6) is 57.5 Å². The van der Waals surface area contributed by atoms with Crippen molar-refractivity contribution in [2.45, 2.75) is 71.2 Å². The van der Waals surface area contributed by atoms with Crippen molar-refractivity contribution in [2.24, 2.45) is 0 Å². The molecular formula is C91H81Cl5F5N17O14. The van der Waals surface area contributed by atoms with Gasteiger partial charge >= 0.3 is 12.1 Å². The average Bonchev–Trinajstić information content (AvgIpc) is 0.789. The number of nitrogens with zero attached hydrogens (tertiary/aromatic N) is 11. The number of piperidine rings is 2. The maximum absolute atomic E-state index is 14.4. The topological polar surface area (TPSA) is 404 Å². The molecule has 31 nitrogen and oxygen atoms in total. The number of halogens is 10. The molecule has 41 heteroatoms. The lowest BCUT2D eigenvalue weighted by atomic mass is 10.1. The van der Waals surface area contributed by atoms with Crippen LogP contribution in [0, 0.1) is 29.1 Å². The van der Waals surface area contributed by atoms with Gasteiger partial charge in [-0.3, -0.25) is 4.79 Å². The number of hydrogen-bond donors (Lipinski definition) is 11. The summed E-state index contributed by atoms with van der Waals surface area (Å²) in [6.45, 7) is 10.3. The van der Waals surface area contributed by atoms with Gasteiger partial charge in [-0.15, -0.1) is 0 Å². The van der Waals surface area contributed by atoms with E-state index < -0.39 is 40.7 Å². The minimum Gasteiger partial charge on any atom is -0.504 e. The van der Waals surface area contributed by atoms with Crippen molar-refractivity contribution in [3.8, 4) is 57.5 Å². The van der Waals surface area contributed by atoms with E-state index in [1.54, 1.807) is 66.6 Å². The van der Waals surface area contributed by atoms with Gasteiger partial charge in [0.2, 0.25) is 0 Å². The van der Waals surface area contributed by atoms with Gasteiger partial charge in [0, 0.05) is 97.2 Å². The van der Waals surface area contributed by atoms with E-state index >= 15 is 0 Å². The highest BCUT2D eigenvalue weighted by Crippen LogP contribution is 2.43. The van der Waals surface area contributed by atoms with Crippen molar-refractivity contribution in [2.75, 3.05) is 80.2 Å². The van der Waals surface area contributed by atoms with Gasteiger partial charge < -0.3 is 95.5 Å². The van der Waals surface area contributed by atoms with E-state index in [-0.39, 0.29) is 124 Å². The number of likely N-dealkylation sites (tertiary alicyclic amines) is 1. The first kappa shape index (κ1) is 95.4. The molecule has 0 bridgehead atoms. The van der Waals surface area contributed by atoms with Crippen molar-refractivity contribution < 1.29 is 90.2 Å². The van der Waals surface area contributed by atoms with E-state index in [0.717, 1.165) is 25.9 Å². The molecule has 7 heterocycles. The third-order valence-corrected chi connectivity index (χ3v) is 21.0. The number of hydrogen-bond acceptors (Lipinski definition) is 30. The number of fused-ring (bicyclic) bond motifs is 5. The van der Waals surface area contributed by atoms with E-state index in [0.29, 0.717) is 128 Å². The van der Waals surface area contributed by atoms with E-state index in [4.69, 9.17) is 91.2 Å². The number of phenolic OH excluding ortho intramolecular Hbond substituents is 5. The van der Waals surface area contributed by atoms with Gasteiger partial charge in [0.05, 0.1) is 94.9 Å². The smallest absolute Gasteiger partial charge is 0.410 e. The van der Waals surface area contributed by atoms with E-state index in [1.165, 1.54) is 131 Å². The minimum absolute atomic E-state index is 0.00729. The van der Waals surface area contributed by atoms with Crippen LogP contribution in [0.15, 0.2) is 183 Å². The van der Waals surface area contributed by atoms with Gasteiger partial charge in [0.1, 0.15) is 85.1 Å². The average molecular weight is 1910 g/mol. The fourth-order valence-electron chi connectivity index (χ4n) is 13.2. The zero-order valence-corrected chi connectivity index (χ0v) is 74.4. The zero-order valence-electron chi connectivity index (χ0n) is 70.7. The zero-order chi connectivity index (χ0) is 94.0. The normalized spacial score (nSPS) is 12.7. The molecule has 0 saturated carbocycles. The van der Waals surface area contributed by atoms with Crippen molar-refractivity contribution in [3.05, 3.63) is 237 Å². The molecule has 684 valence electrons. The fraction of sp³-hybridized carbons (Fsp3) is 0.209. The predicted octanol–water partition coefficient (Wildman–Crippen LogP) is 21.2. The SMILES string of the molecule is CC(=O)Oc1cc2c(Nc3cccc(Cl)c3F)ncnc2cc1O.CC(C)(C)OC(=O)N1CCC(Oc2cc3ncnc(Nc4cccc(Cl)c4F)c3cc2O)CC1.COCCOc1cc2c(Nc3cccc(Cl)c3F)ncnc2cc1OC1CCNCC1.COc1cc2ncnc(Nc3cccc(Cl)c3F)c2cc1O.Oc1cc2ncnc(Nc3cccc(Cl)c3F)c2cc1O. The molecule has 2 fully saturated rings. The number of rotatable bonds is 20. The molecule has 0 atom stereocenters. The number of esters is 1. The number of anilines is 10. The first-order chi connectivity index (χ1) is 63.4. The Labute approximate surface area is 774 Å². The Morgan fingerprint density at radius 3 is 1.11 bits per heavy atom. The van der Waals surface area contributed by atoms with Gasteiger partial charge in [-0.1, -0.05) is 88.3 Å². The molecule has 2 saturated heterocycles. The molecule has 132 heavy (non-hydrogen) atoms.